The van der Waals surface area contributed by atoms with Crippen LogP contribution in [-0.2, 0) is 6.42 Å². The number of nitrogens with zero attached hydrogens (tertiary/aromatic N) is 1. The van der Waals surface area contributed by atoms with Crippen molar-refractivity contribution < 1.29 is 0 Å². The molecule has 0 spiro atoms. The summed E-state index contributed by atoms with van der Waals surface area (Å²) in [5.74, 6) is 0.825. The number of aromatic nitrogens is 1. The second-order valence-electron chi connectivity index (χ2n) is 5.34. The summed E-state index contributed by atoms with van der Waals surface area (Å²) in [6, 6.07) is 10.2. The van der Waals surface area contributed by atoms with Gasteiger partial charge in [-0.15, -0.1) is 0 Å². The Labute approximate surface area is 119 Å². The highest BCUT2D eigenvalue weighted by molar-refractivity contribution is 6.31. The van der Waals surface area contributed by atoms with E-state index in [-0.39, 0.29) is 0 Å². The highest BCUT2D eigenvalue weighted by Crippen LogP contribution is 2.24. The van der Waals surface area contributed by atoms with Crippen molar-refractivity contribution in [2.75, 3.05) is 13.1 Å². The topological polar surface area (TPSA) is 24.9 Å². The third kappa shape index (κ3) is 3.07. The number of pyridine rings is 1. The number of benzene rings is 1. The number of nitrogens with one attached hydrogen (secondary N) is 1. The molecule has 19 heavy (non-hydrogen) atoms. The van der Waals surface area contributed by atoms with Crippen LogP contribution >= 0.6 is 11.6 Å². The molecule has 3 heteroatoms. The van der Waals surface area contributed by atoms with Crippen molar-refractivity contribution in [1.82, 2.24) is 10.3 Å². The Balaban J connectivity index is 1.74. The molecule has 0 saturated carbocycles. The van der Waals surface area contributed by atoms with Crippen molar-refractivity contribution in [3.8, 4) is 0 Å². The minimum absolute atomic E-state index is 0.813. The third-order valence-corrected chi connectivity index (χ3v) is 4.33. The summed E-state index contributed by atoms with van der Waals surface area (Å²) in [7, 11) is 0. The van der Waals surface area contributed by atoms with Crippen LogP contribution in [0.1, 0.15) is 25.0 Å². The first-order valence-corrected chi connectivity index (χ1v) is 7.45. The Kier molecular flexibility index (Phi) is 4.00. The summed E-state index contributed by atoms with van der Waals surface area (Å²) < 4.78 is 0. The zero-order valence-corrected chi connectivity index (χ0v) is 11.8. The summed E-state index contributed by atoms with van der Waals surface area (Å²) in [4.78, 5) is 4.71. The van der Waals surface area contributed by atoms with Crippen LogP contribution in [0.15, 0.2) is 30.3 Å². The van der Waals surface area contributed by atoms with Crippen LogP contribution in [0.3, 0.4) is 0 Å². The lowest BCUT2D eigenvalue weighted by Crippen LogP contribution is -2.27. The molecule has 1 aromatic heterocycles. The second kappa shape index (κ2) is 5.89. The molecule has 2 heterocycles. The van der Waals surface area contributed by atoms with Crippen LogP contribution in [0.25, 0.3) is 10.9 Å². The number of aryl methyl sites for hydroxylation is 1. The first-order valence-electron chi connectivity index (χ1n) is 7.08. The molecule has 0 atom stereocenters. The summed E-state index contributed by atoms with van der Waals surface area (Å²) in [6.07, 6.45) is 4.76. The number of piperidine rings is 1. The van der Waals surface area contributed by atoms with Gasteiger partial charge < -0.3 is 5.32 Å². The molecule has 0 aliphatic carbocycles. The number of hydrogen-bond donors (Lipinski definition) is 1. The molecule has 2 aromatic rings. The fraction of sp³-hybridized carbons (Fsp3) is 0.438. The lowest BCUT2D eigenvalue weighted by Gasteiger charge is -2.22. The predicted octanol–water partition coefficient (Wildman–Crippen LogP) is 3.82. The Morgan fingerprint density at radius 1 is 1.21 bits per heavy atom. The van der Waals surface area contributed by atoms with Gasteiger partial charge in [-0.3, -0.25) is 4.98 Å². The second-order valence-corrected chi connectivity index (χ2v) is 5.75. The summed E-state index contributed by atoms with van der Waals surface area (Å²) in [5, 5.41) is 5.34. The van der Waals surface area contributed by atoms with Gasteiger partial charge in [0.2, 0.25) is 0 Å². The molecular formula is C16H19ClN2. The Bertz CT molecular complexity index is 562. The van der Waals surface area contributed by atoms with Crippen LogP contribution in [0.2, 0.25) is 5.02 Å². The molecule has 0 bridgehead atoms. The zero-order chi connectivity index (χ0) is 13.1. The van der Waals surface area contributed by atoms with Gasteiger partial charge in [0.15, 0.2) is 0 Å². The van der Waals surface area contributed by atoms with E-state index in [1.165, 1.54) is 19.3 Å². The number of halogens is 1. The Hall–Kier alpha value is -1.12. The van der Waals surface area contributed by atoms with Gasteiger partial charge in [0.05, 0.1) is 16.2 Å². The third-order valence-electron chi connectivity index (χ3n) is 4.00. The number of hydrogen-bond acceptors (Lipinski definition) is 2. The van der Waals surface area contributed by atoms with Crippen LogP contribution in [0.4, 0.5) is 0 Å². The lowest BCUT2D eigenvalue weighted by molar-refractivity contribution is 0.353. The van der Waals surface area contributed by atoms with Crippen molar-refractivity contribution in [3.63, 3.8) is 0 Å². The van der Waals surface area contributed by atoms with E-state index >= 15 is 0 Å². The number of rotatable bonds is 3. The molecule has 1 saturated heterocycles. The van der Waals surface area contributed by atoms with Gasteiger partial charge in [-0.2, -0.15) is 0 Å². The largest absolute Gasteiger partial charge is 0.317 e. The maximum atomic E-state index is 6.35. The minimum atomic E-state index is 0.813. The van der Waals surface area contributed by atoms with Gasteiger partial charge in [0.25, 0.3) is 0 Å². The van der Waals surface area contributed by atoms with Crippen molar-refractivity contribution >= 4 is 22.5 Å². The fourth-order valence-electron chi connectivity index (χ4n) is 2.82. The van der Waals surface area contributed by atoms with E-state index in [1.807, 2.05) is 18.2 Å². The van der Waals surface area contributed by atoms with Gasteiger partial charge >= 0.3 is 0 Å². The molecular weight excluding hydrogens is 256 g/mol. The van der Waals surface area contributed by atoms with Gasteiger partial charge in [-0.1, -0.05) is 29.8 Å². The van der Waals surface area contributed by atoms with Gasteiger partial charge in [0, 0.05) is 5.39 Å². The predicted molar refractivity (Wildman–Crippen MR) is 80.7 cm³/mol. The highest BCUT2D eigenvalue weighted by Gasteiger charge is 2.14. The van der Waals surface area contributed by atoms with Gasteiger partial charge in [0.1, 0.15) is 0 Å². The molecule has 1 N–H and O–H groups in total. The molecule has 2 nitrogen and oxygen atoms in total. The molecule has 1 aliphatic heterocycles. The Morgan fingerprint density at radius 2 is 2.00 bits per heavy atom. The van der Waals surface area contributed by atoms with E-state index in [0.29, 0.717) is 0 Å². The zero-order valence-electron chi connectivity index (χ0n) is 11.0. The maximum Gasteiger partial charge on any atom is 0.0706 e. The normalized spacial score (nSPS) is 16.9. The maximum absolute atomic E-state index is 6.35. The standard InChI is InChI=1S/C16H19ClN2/c17-14-11-13-3-1-2-4-15(13)19-16(14)6-5-12-7-9-18-10-8-12/h1-4,11-12,18H,5-10H2. The average Bonchev–Trinajstić information content (AvgIpc) is 2.46. The van der Waals surface area contributed by atoms with Crippen molar-refractivity contribution in [3.05, 3.63) is 41.0 Å². The summed E-state index contributed by atoms with van der Waals surface area (Å²) in [5.41, 5.74) is 2.10. The van der Waals surface area contributed by atoms with E-state index in [1.54, 1.807) is 0 Å². The first kappa shape index (κ1) is 12.9. The van der Waals surface area contributed by atoms with Crippen molar-refractivity contribution in [1.29, 1.82) is 0 Å². The SMILES string of the molecule is Clc1cc2ccccc2nc1CCC1CCNCC1. The summed E-state index contributed by atoms with van der Waals surface area (Å²) >= 11 is 6.35. The first-order chi connectivity index (χ1) is 9.33. The Morgan fingerprint density at radius 3 is 2.84 bits per heavy atom. The van der Waals surface area contributed by atoms with Gasteiger partial charge in [-0.25, -0.2) is 0 Å². The van der Waals surface area contributed by atoms with Crippen LogP contribution in [0.5, 0.6) is 0 Å². The summed E-state index contributed by atoms with van der Waals surface area (Å²) in [6.45, 7) is 2.31. The van der Waals surface area contributed by atoms with Crippen LogP contribution in [-0.4, -0.2) is 18.1 Å². The molecule has 1 fully saturated rings. The minimum Gasteiger partial charge on any atom is -0.317 e. The van der Waals surface area contributed by atoms with Crippen molar-refractivity contribution in [2.24, 2.45) is 5.92 Å². The van der Waals surface area contributed by atoms with Crippen LogP contribution < -0.4 is 5.32 Å². The monoisotopic (exact) mass is 274 g/mol. The van der Waals surface area contributed by atoms with E-state index < -0.39 is 0 Å². The molecule has 1 aliphatic rings. The van der Waals surface area contributed by atoms with Gasteiger partial charge in [-0.05, 0) is 56.8 Å². The van der Waals surface area contributed by atoms with E-state index in [0.717, 1.165) is 47.0 Å². The van der Waals surface area contributed by atoms with E-state index in [4.69, 9.17) is 16.6 Å². The molecule has 0 amide bonds. The molecule has 0 radical (unpaired) electrons. The quantitative estimate of drug-likeness (QED) is 0.920. The average molecular weight is 275 g/mol. The van der Waals surface area contributed by atoms with Crippen LogP contribution in [0, 0.1) is 5.92 Å². The van der Waals surface area contributed by atoms with E-state index in [2.05, 4.69) is 17.4 Å². The fourth-order valence-corrected chi connectivity index (χ4v) is 3.07. The number of fused-ring (bicyclic) bond motifs is 1. The molecule has 1 aromatic carbocycles. The highest BCUT2D eigenvalue weighted by atomic mass is 35.5. The number of para-hydroxylation sites is 1. The smallest absolute Gasteiger partial charge is 0.0706 e. The lowest BCUT2D eigenvalue weighted by atomic mass is 9.92. The molecule has 100 valence electrons. The van der Waals surface area contributed by atoms with E-state index in [9.17, 15) is 0 Å². The molecule has 3 rings (SSSR count). The molecule has 0 unspecified atom stereocenters. The van der Waals surface area contributed by atoms with Crippen molar-refractivity contribution in [2.45, 2.75) is 25.7 Å².